The van der Waals surface area contributed by atoms with E-state index in [-0.39, 0.29) is 24.9 Å². The van der Waals surface area contributed by atoms with Crippen molar-refractivity contribution in [1.29, 1.82) is 0 Å². The molecule has 1 unspecified atom stereocenters. The van der Waals surface area contributed by atoms with Crippen LogP contribution in [-0.2, 0) is 16.0 Å². The Kier molecular flexibility index (Phi) is 5.00. The summed E-state index contributed by atoms with van der Waals surface area (Å²) >= 11 is 0. The molecule has 0 radical (unpaired) electrons. The number of carboxylic acids is 1. The van der Waals surface area contributed by atoms with Gasteiger partial charge in [0.1, 0.15) is 11.6 Å². The Labute approximate surface area is 128 Å². The summed E-state index contributed by atoms with van der Waals surface area (Å²) in [6.45, 7) is 1.75. The zero-order chi connectivity index (χ0) is 16.3. The molecule has 1 amide bonds. The van der Waals surface area contributed by atoms with Gasteiger partial charge in [0.05, 0.1) is 19.4 Å². The molecule has 0 aromatic heterocycles. The third kappa shape index (κ3) is 3.96. The van der Waals surface area contributed by atoms with Crippen LogP contribution in [0.15, 0.2) is 18.2 Å². The lowest BCUT2D eigenvalue weighted by Crippen LogP contribution is -2.39. The minimum absolute atomic E-state index is 0.00374. The van der Waals surface area contributed by atoms with Crippen molar-refractivity contribution in [2.24, 2.45) is 5.92 Å². The Balaban J connectivity index is 2.11. The van der Waals surface area contributed by atoms with Crippen LogP contribution in [0, 0.1) is 11.7 Å². The molecule has 120 valence electrons. The van der Waals surface area contributed by atoms with Crippen LogP contribution in [0.5, 0.6) is 5.75 Å². The van der Waals surface area contributed by atoms with Gasteiger partial charge >= 0.3 is 5.97 Å². The molecular formula is C16H20FNO4. The number of ether oxygens (including phenoxy) is 1. The van der Waals surface area contributed by atoms with Crippen LogP contribution < -0.4 is 4.74 Å². The van der Waals surface area contributed by atoms with Gasteiger partial charge in [0.2, 0.25) is 5.91 Å². The average molecular weight is 309 g/mol. The maximum absolute atomic E-state index is 13.4. The Morgan fingerprint density at radius 2 is 2.14 bits per heavy atom. The fourth-order valence-corrected chi connectivity index (χ4v) is 2.36. The lowest BCUT2D eigenvalue weighted by molar-refractivity contribution is -0.143. The molecule has 0 aliphatic heterocycles. The summed E-state index contributed by atoms with van der Waals surface area (Å²) in [5.41, 5.74) is 0.473. The van der Waals surface area contributed by atoms with Crippen LogP contribution in [-0.4, -0.2) is 41.6 Å². The van der Waals surface area contributed by atoms with Crippen molar-refractivity contribution in [3.63, 3.8) is 0 Å². The van der Waals surface area contributed by atoms with E-state index in [4.69, 9.17) is 9.84 Å². The minimum Gasteiger partial charge on any atom is -0.496 e. The first-order chi connectivity index (χ1) is 10.4. The topological polar surface area (TPSA) is 66.8 Å². The van der Waals surface area contributed by atoms with E-state index >= 15 is 0 Å². The van der Waals surface area contributed by atoms with Crippen molar-refractivity contribution in [1.82, 2.24) is 4.90 Å². The summed E-state index contributed by atoms with van der Waals surface area (Å²) in [5.74, 6) is -1.72. The van der Waals surface area contributed by atoms with Crippen LogP contribution in [0.4, 0.5) is 4.39 Å². The van der Waals surface area contributed by atoms with E-state index in [1.165, 1.54) is 25.3 Å². The molecule has 0 bridgehead atoms. The number of halogens is 1. The highest BCUT2D eigenvalue weighted by Crippen LogP contribution is 2.29. The number of carbonyl (C=O) groups excluding carboxylic acids is 1. The number of benzene rings is 1. The number of amides is 1. The fraction of sp³-hybridized carbons (Fsp3) is 0.500. The van der Waals surface area contributed by atoms with E-state index in [1.54, 1.807) is 11.8 Å². The highest BCUT2D eigenvalue weighted by molar-refractivity contribution is 5.81. The second kappa shape index (κ2) is 6.77. The van der Waals surface area contributed by atoms with E-state index in [9.17, 15) is 14.0 Å². The van der Waals surface area contributed by atoms with Crippen LogP contribution in [0.3, 0.4) is 0 Å². The number of rotatable bonds is 7. The molecule has 1 fully saturated rings. The summed E-state index contributed by atoms with van der Waals surface area (Å²) in [6.07, 6.45) is 1.78. The van der Waals surface area contributed by atoms with Gasteiger partial charge in [0.25, 0.3) is 0 Å². The summed E-state index contributed by atoms with van der Waals surface area (Å²) in [6, 6.07) is 4.15. The molecule has 0 heterocycles. The Morgan fingerprint density at radius 1 is 1.45 bits per heavy atom. The molecule has 22 heavy (non-hydrogen) atoms. The van der Waals surface area contributed by atoms with Gasteiger partial charge in [0, 0.05) is 18.2 Å². The Hall–Kier alpha value is -2.11. The van der Waals surface area contributed by atoms with Gasteiger partial charge in [-0.15, -0.1) is 0 Å². The fourth-order valence-electron chi connectivity index (χ4n) is 2.36. The second-order valence-corrected chi connectivity index (χ2v) is 5.65. The Morgan fingerprint density at radius 3 is 2.68 bits per heavy atom. The molecule has 1 N–H and O–H groups in total. The number of nitrogens with zero attached hydrogens (tertiary/aromatic N) is 1. The maximum atomic E-state index is 13.4. The van der Waals surface area contributed by atoms with Crippen molar-refractivity contribution in [2.45, 2.75) is 32.2 Å². The van der Waals surface area contributed by atoms with Crippen LogP contribution >= 0.6 is 0 Å². The van der Waals surface area contributed by atoms with Gasteiger partial charge in [0.15, 0.2) is 0 Å². The second-order valence-electron chi connectivity index (χ2n) is 5.65. The molecule has 5 nitrogen and oxygen atoms in total. The number of aliphatic carboxylic acids is 1. The van der Waals surface area contributed by atoms with Crippen LogP contribution in [0.1, 0.15) is 25.3 Å². The third-order valence-electron chi connectivity index (χ3n) is 3.78. The number of hydrogen-bond acceptors (Lipinski definition) is 3. The summed E-state index contributed by atoms with van der Waals surface area (Å²) in [4.78, 5) is 25.1. The molecule has 1 aromatic carbocycles. The van der Waals surface area contributed by atoms with E-state index < -0.39 is 17.7 Å². The first-order valence-electron chi connectivity index (χ1n) is 7.27. The van der Waals surface area contributed by atoms with E-state index in [2.05, 4.69) is 0 Å². The SMILES string of the molecule is COc1ccc(F)cc1CC(=O)N(CC(C)C(=O)O)C1CC1. The van der Waals surface area contributed by atoms with Gasteiger partial charge in [-0.1, -0.05) is 6.92 Å². The quantitative estimate of drug-likeness (QED) is 0.837. The molecule has 0 saturated heterocycles. The molecule has 2 rings (SSSR count). The molecule has 6 heteroatoms. The molecule has 1 aromatic rings. The summed E-state index contributed by atoms with van der Waals surface area (Å²) < 4.78 is 18.5. The number of carbonyl (C=O) groups is 2. The minimum atomic E-state index is -0.929. The van der Waals surface area contributed by atoms with Gasteiger partial charge < -0.3 is 14.7 Å². The van der Waals surface area contributed by atoms with Gasteiger partial charge in [-0.3, -0.25) is 9.59 Å². The standard InChI is InChI=1S/C16H20FNO4/c1-10(16(20)21)9-18(13-4-5-13)15(19)8-11-7-12(17)3-6-14(11)22-2/h3,6-7,10,13H,4-5,8-9H2,1-2H3,(H,20,21). The Bertz CT molecular complexity index is 571. The van der Waals surface area contributed by atoms with E-state index in [0.717, 1.165) is 12.8 Å². The molecule has 1 atom stereocenters. The van der Waals surface area contributed by atoms with Gasteiger partial charge in [-0.05, 0) is 31.0 Å². The van der Waals surface area contributed by atoms with E-state index in [0.29, 0.717) is 11.3 Å². The number of carboxylic acid groups (broad SMARTS) is 1. The van der Waals surface area contributed by atoms with Crippen LogP contribution in [0.25, 0.3) is 0 Å². The summed E-state index contributed by atoms with van der Waals surface area (Å²) in [7, 11) is 1.46. The van der Waals surface area contributed by atoms with Gasteiger partial charge in [-0.2, -0.15) is 0 Å². The van der Waals surface area contributed by atoms with Crippen molar-refractivity contribution in [3.8, 4) is 5.75 Å². The zero-order valence-electron chi connectivity index (χ0n) is 12.7. The third-order valence-corrected chi connectivity index (χ3v) is 3.78. The molecule has 1 saturated carbocycles. The van der Waals surface area contributed by atoms with Crippen molar-refractivity contribution < 1.29 is 23.8 Å². The molecular weight excluding hydrogens is 289 g/mol. The predicted octanol–water partition coefficient (Wildman–Crippen LogP) is 2.09. The largest absolute Gasteiger partial charge is 0.496 e. The lowest BCUT2D eigenvalue weighted by Gasteiger charge is -2.24. The first kappa shape index (κ1) is 16.3. The van der Waals surface area contributed by atoms with Gasteiger partial charge in [-0.25, -0.2) is 4.39 Å². The lowest BCUT2D eigenvalue weighted by atomic mass is 10.1. The molecule has 1 aliphatic rings. The summed E-state index contributed by atoms with van der Waals surface area (Å²) in [5, 5.41) is 9.02. The highest BCUT2D eigenvalue weighted by atomic mass is 19.1. The van der Waals surface area contributed by atoms with Crippen molar-refractivity contribution >= 4 is 11.9 Å². The maximum Gasteiger partial charge on any atom is 0.308 e. The normalized spacial score (nSPS) is 15.2. The molecule has 0 spiro atoms. The first-order valence-corrected chi connectivity index (χ1v) is 7.27. The monoisotopic (exact) mass is 309 g/mol. The predicted molar refractivity (Wildman–Crippen MR) is 78.2 cm³/mol. The van der Waals surface area contributed by atoms with Crippen molar-refractivity contribution in [2.75, 3.05) is 13.7 Å². The average Bonchev–Trinajstić information content (AvgIpc) is 3.29. The number of hydrogen-bond donors (Lipinski definition) is 1. The molecule has 1 aliphatic carbocycles. The van der Waals surface area contributed by atoms with Crippen molar-refractivity contribution in [3.05, 3.63) is 29.6 Å². The smallest absolute Gasteiger partial charge is 0.308 e. The van der Waals surface area contributed by atoms with Crippen LogP contribution in [0.2, 0.25) is 0 Å². The highest BCUT2D eigenvalue weighted by Gasteiger charge is 2.34. The number of methoxy groups -OCH3 is 1. The van der Waals surface area contributed by atoms with E-state index in [1.807, 2.05) is 0 Å². The zero-order valence-corrected chi connectivity index (χ0v) is 12.7.